The Bertz CT molecular complexity index is 1000. The van der Waals surface area contributed by atoms with E-state index in [1.165, 1.54) is 12.1 Å². The monoisotopic (exact) mass is 415 g/mol. The second kappa shape index (κ2) is 8.52. The molecule has 0 N–H and O–H groups in total. The first kappa shape index (κ1) is 21.3. The van der Waals surface area contributed by atoms with E-state index in [0.29, 0.717) is 12.5 Å². The zero-order valence-corrected chi connectivity index (χ0v) is 16.4. The molecule has 2 aromatic rings. The molecular formula is C22H19F2NO5. The number of imide groups is 1. The molecule has 156 valence electrons. The molecule has 0 aromatic heterocycles. The minimum absolute atomic E-state index is 0.164. The van der Waals surface area contributed by atoms with Gasteiger partial charge >= 0.3 is 5.97 Å². The van der Waals surface area contributed by atoms with Crippen LogP contribution in [0.3, 0.4) is 0 Å². The summed E-state index contributed by atoms with van der Waals surface area (Å²) in [5, 5.41) is 0. The van der Waals surface area contributed by atoms with Crippen molar-refractivity contribution >= 4 is 23.6 Å². The Hall–Kier alpha value is -3.42. The van der Waals surface area contributed by atoms with E-state index in [4.69, 9.17) is 4.74 Å². The third kappa shape index (κ3) is 3.85. The molecule has 2 aromatic carbocycles. The Kier molecular flexibility index (Phi) is 6.05. The molecule has 0 saturated heterocycles. The molecule has 30 heavy (non-hydrogen) atoms. The lowest BCUT2D eigenvalue weighted by atomic mass is 9.97. The van der Waals surface area contributed by atoms with E-state index >= 15 is 0 Å². The lowest BCUT2D eigenvalue weighted by molar-refractivity contribution is -0.149. The lowest BCUT2D eigenvalue weighted by Crippen LogP contribution is -2.49. The summed E-state index contributed by atoms with van der Waals surface area (Å²) in [6, 6.07) is 7.59. The fourth-order valence-corrected chi connectivity index (χ4v) is 3.25. The highest BCUT2D eigenvalue weighted by atomic mass is 19.2. The second-order valence-electron chi connectivity index (χ2n) is 7.02. The van der Waals surface area contributed by atoms with Crippen LogP contribution in [0, 0.1) is 17.6 Å². The van der Waals surface area contributed by atoms with Crippen LogP contribution in [-0.2, 0) is 9.53 Å². The molecule has 1 aliphatic heterocycles. The van der Waals surface area contributed by atoms with Crippen molar-refractivity contribution in [3.05, 3.63) is 70.8 Å². The molecule has 1 heterocycles. The standard InChI is InChI=1S/C22H19F2NO5/c1-3-12(2)19(25-20(27)14-6-4-5-7-15(14)21(25)28)22(29)30-11-18(26)13-8-9-16(23)17(24)10-13/h4-10,12,19H,3,11H2,1-2H3/t12-,19-/m0/s1. The number of esters is 1. The van der Waals surface area contributed by atoms with Gasteiger partial charge in [0.2, 0.25) is 0 Å². The number of ether oxygens (including phenoxy) is 1. The van der Waals surface area contributed by atoms with Gasteiger partial charge in [0.15, 0.2) is 24.0 Å². The lowest BCUT2D eigenvalue weighted by Gasteiger charge is -2.28. The first-order valence-electron chi connectivity index (χ1n) is 9.38. The van der Waals surface area contributed by atoms with Gasteiger partial charge in [-0.25, -0.2) is 13.6 Å². The van der Waals surface area contributed by atoms with Gasteiger partial charge < -0.3 is 4.74 Å². The summed E-state index contributed by atoms with van der Waals surface area (Å²) >= 11 is 0. The van der Waals surface area contributed by atoms with Crippen molar-refractivity contribution in [1.82, 2.24) is 4.90 Å². The minimum atomic E-state index is -1.22. The fourth-order valence-electron chi connectivity index (χ4n) is 3.25. The minimum Gasteiger partial charge on any atom is -0.456 e. The molecule has 2 amide bonds. The smallest absolute Gasteiger partial charge is 0.330 e. The van der Waals surface area contributed by atoms with E-state index in [2.05, 4.69) is 0 Å². The van der Waals surface area contributed by atoms with Crippen LogP contribution in [0.25, 0.3) is 0 Å². The average Bonchev–Trinajstić information content (AvgIpc) is 2.99. The van der Waals surface area contributed by atoms with Gasteiger partial charge in [0.1, 0.15) is 6.04 Å². The Morgan fingerprint density at radius 1 is 1.00 bits per heavy atom. The van der Waals surface area contributed by atoms with Crippen LogP contribution in [0.5, 0.6) is 0 Å². The topological polar surface area (TPSA) is 80.8 Å². The maximum Gasteiger partial charge on any atom is 0.330 e. The van der Waals surface area contributed by atoms with Crippen LogP contribution >= 0.6 is 0 Å². The zero-order valence-electron chi connectivity index (χ0n) is 16.4. The second-order valence-corrected chi connectivity index (χ2v) is 7.02. The maximum absolute atomic E-state index is 13.3. The molecule has 0 spiro atoms. The quantitative estimate of drug-likeness (QED) is 0.393. The van der Waals surface area contributed by atoms with E-state index in [1.54, 1.807) is 26.0 Å². The van der Waals surface area contributed by atoms with Gasteiger partial charge in [0.25, 0.3) is 11.8 Å². The molecule has 2 atom stereocenters. The molecular weight excluding hydrogens is 396 g/mol. The highest BCUT2D eigenvalue weighted by molar-refractivity contribution is 6.22. The molecule has 8 heteroatoms. The third-order valence-corrected chi connectivity index (χ3v) is 5.12. The zero-order chi connectivity index (χ0) is 22.0. The Labute approximate surface area is 171 Å². The van der Waals surface area contributed by atoms with Gasteiger partial charge in [-0.2, -0.15) is 0 Å². The first-order valence-corrected chi connectivity index (χ1v) is 9.38. The summed E-state index contributed by atoms with van der Waals surface area (Å²) < 4.78 is 31.4. The van der Waals surface area contributed by atoms with E-state index in [0.717, 1.165) is 17.0 Å². The average molecular weight is 415 g/mol. The number of benzene rings is 2. The van der Waals surface area contributed by atoms with Crippen LogP contribution in [0.4, 0.5) is 8.78 Å². The molecule has 0 saturated carbocycles. The summed E-state index contributed by atoms with van der Waals surface area (Å²) in [6.45, 7) is 2.74. The van der Waals surface area contributed by atoms with Crippen LogP contribution in [0.15, 0.2) is 42.5 Å². The van der Waals surface area contributed by atoms with Gasteiger partial charge in [-0.15, -0.1) is 0 Å². The number of halogens is 2. The van der Waals surface area contributed by atoms with Gasteiger partial charge in [0, 0.05) is 5.56 Å². The van der Waals surface area contributed by atoms with Crippen molar-refractivity contribution < 1.29 is 32.7 Å². The molecule has 0 unspecified atom stereocenters. The summed E-state index contributed by atoms with van der Waals surface area (Å²) in [4.78, 5) is 51.3. The summed E-state index contributed by atoms with van der Waals surface area (Å²) in [5.41, 5.74) is 0.227. The Morgan fingerprint density at radius 3 is 2.13 bits per heavy atom. The van der Waals surface area contributed by atoms with Crippen molar-refractivity contribution in [2.75, 3.05) is 6.61 Å². The van der Waals surface area contributed by atoms with E-state index in [-0.39, 0.29) is 16.7 Å². The highest BCUT2D eigenvalue weighted by Crippen LogP contribution is 2.28. The summed E-state index contributed by atoms with van der Waals surface area (Å²) in [7, 11) is 0. The number of fused-ring (bicyclic) bond motifs is 1. The number of Topliss-reactive ketones (excluding diaryl/α,β-unsaturated/α-hetero) is 1. The van der Waals surface area contributed by atoms with E-state index in [1.807, 2.05) is 0 Å². The Morgan fingerprint density at radius 2 is 1.60 bits per heavy atom. The fraction of sp³-hybridized carbons (Fsp3) is 0.273. The van der Waals surface area contributed by atoms with Crippen LogP contribution < -0.4 is 0 Å². The summed E-state index contributed by atoms with van der Waals surface area (Å²) in [6.07, 6.45) is 0.463. The number of nitrogens with zero attached hydrogens (tertiary/aromatic N) is 1. The number of carbonyl (C=O) groups is 4. The summed E-state index contributed by atoms with van der Waals surface area (Å²) in [5.74, 6) is -5.61. The molecule has 0 bridgehead atoms. The number of carbonyl (C=O) groups excluding carboxylic acids is 4. The van der Waals surface area contributed by atoms with Crippen LogP contribution in [0.1, 0.15) is 51.3 Å². The molecule has 6 nitrogen and oxygen atoms in total. The van der Waals surface area contributed by atoms with Gasteiger partial charge in [-0.3, -0.25) is 19.3 Å². The molecule has 0 radical (unpaired) electrons. The normalized spacial score (nSPS) is 15.0. The largest absolute Gasteiger partial charge is 0.456 e. The van der Waals surface area contributed by atoms with Gasteiger partial charge in [-0.1, -0.05) is 32.4 Å². The van der Waals surface area contributed by atoms with Crippen molar-refractivity contribution in [1.29, 1.82) is 0 Å². The number of hydrogen-bond acceptors (Lipinski definition) is 5. The Balaban J connectivity index is 1.78. The molecule has 1 aliphatic rings. The van der Waals surface area contributed by atoms with Crippen molar-refractivity contribution in [2.45, 2.75) is 26.3 Å². The van der Waals surface area contributed by atoms with Gasteiger partial charge in [-0.05, 0) is 36.2 Å². The number of rotatable bonds is 7. The molecule has 3 rings (SSSR count). The molecule has 0 fully saturated rings. The van der Waals surface area contributed by atoms with Crippen LogP contribution in [0.2, 0.25) is 0 Å². The van der Waals surface area contributed by atoms with Crippen molar-refractivity contribution in [2.24, 2.45) is 5.92 Å². The highest BCUT2D eigenvalue weighted by Gasteiger charge is 2.45. The predicted octanol–water partition coefficient (Wildman–Crippen LogP) is 3.40. The predicted molar refractivity (Wildman–Crippen MR) is 102 cm³/mol. The van der Waals surface area contributed by atoms with E-state index < -0.39 is 53.8 Å². The number of amides is 2. The number of hydrogen-bond donors (Lipinski definition) is 0. The third-order valence-electron chi connectivity index (χ3n) is 5.12. The molecule has 0 aliphatic carbocycles. The number of ketones is 1. The first-order chi connectivity index (χ1) is 14.3. The van der Waals surface area contributed by atoms with Crippen molar-refractivity contribution in [3.63, 3.8) is 0 Å². The van der Waals surface area contributed by atoms with Crippen LogP contribution in [-0.4, -0.2) is 41.1 Å². The van der Waals surface area contributed by atoms with E-state index in [9.17, 15) is 28.0 Å². The van der Waals surface area contributed by atoms with Gasteiger partial charge in [0.05, 0.1) is 11.1 Å². The maximum atomic E-state index is 13.3. The SMILES string of the molecule is CC[C@H](C)[C@@H](C(=O)OCC(=O)c1ccc(F)c(F)c1)N1C(=O)c2ccccc2C1=O. The van der Waals surface area contributed by atoms with Crippen molar-refractivity contribution in [3.8, 4) is 0 Å².